The minimum Gasteiger partial charge on any atom is -0.335 e. The molecule has 0 saturated heterocycles. The van der Waals surface area contributed by atoms with E-state index in [0.717, 1.165) is 4.57 Å². The number of hydrogen-bond acceptors (Lipinski definition) is 3. The first kappa shape index (κ1) is 18.3. The number of likely N-dealkylation sites (N-methyl/N-ethyl adjacent to an activating group) is 1. The molecule has 1 aromatic carbocycles. The predicted molar refractivity (Wildman–Crippen MR) is 84.9 cm³/mol. The van der Waals surface area contributed by atoms with Crippen molar-refractivity contribution < 1.29 is 18.0 Å². The number of amides is 1. The molecule has 0 aliphatic rings. The van der Waals surface area contributed by atoms with Crippen molar-refractivity contribution in [3.63, 3.8) is 0 Å². The van der Waals surface area contributed by atoms with Gasteiger partial charge in [-0.3, -0.25) is 4.79 Å². The summed E-state index contributed by atoms with van der Waals surface area (Å²) in [6, 6.07) is 8.79. The highest BCUT2D eigenvalue weighted by atomic mass is 19.4. The van der Waals surface area contributed by atoms with Gasteiger partial charge in [-0.05, 0) is 17.7 Å². The first-order chi connectivity index (χ1) is 11.8. The molecule has 5 nitrogen and oxygen atoms in total. The number of nitrogens with zero attached hydrogens (tertiary/aromatic N) is 4. The monoisotopic (exact) mass is 348 g/mol. The Bertz CT molecular complexity index is 818. The molecular formula is C17H15F3N4O. The number of carbonyl (C=O) groups is 1. The largest absolute Gasteiger partial charge is 0.406 e. The Balaban J connectivity index is 2.05. The summed E-state index contributed by atoms with van der Waals surface area (Å²) in [5.41, 5.74) is 1.01. The second-order valence-electron chi connectivity index (χ2n) is 5.31. The highest BCUT2D eigenvalue weighted by Crippen LogP contribution is 2.18. The summed E-state index contributed by atoms with van der Waals surface area (Å²) in [6.45, 7) is -1.22. The first-order valence-corrected chi connectivity index (χ1v) is 7.29. The fourth-order valence-electron chi connectivity index (χ4n) is 2.15. The van der Waals surface area contributed by atoms with Crippen LogP contribution in [0.1, 0.15) is 17.0 Å². The number of rotatable bonds is 5. The zero-order valence-electron chi connectivity index (χ0n) is 13.4. The highest BCUT2D eigenvalue weighted by Gasteiger charge is 2.29. The Morgan fingerprint density at radius 3 is 2.80 bits per heavy atom. The molecule has 130 valence electrons. The number of hydrogen-bond donors (Lipinski definition) is 0. The van der Waals surface area contributed by atoms with Crippen LogP contribution in [0.5, 0.6) is 0 Å². The number of halogens is 3. The Morgan fingerprint density at radius 1 is 1.40 bits per heavy atom. The van der Waals surface area contributed by atoms with E-state index in [1.54, 1.807) is 24.3 Å². The van der Waals surface area contributed by atoms with Crippen LogP contribution in [0.2, 0.25) is 0 Å². The highest BCUT2D eigenvalue weighted by molar-refractivity contribution is 5.91. The fourth-order valence-corrected chi connectivity index (χ4v) is 2.15. The number of nitriles is 1. The number of alkyl halides is 3. The van der Waals surface area contributed by atoms with Gasteiger partial charge in [0, 0.05) is 25.5 Å². The summed E-state index contributed by atoms with van der Waals surface area (Å²) in [5, 5.41) is 9.01. The number of aromatic nitrogens is 2. The molecule has 1 aromatic heterocycles. The van der Waals surface area contributed by atoms with E-state index in [2.05, 4.69) is 4.98 Å². The van der Waals surface area contributed by atoms with Gasteiger partial charge in [-0.15, -0.1) is 0 Å². The van der Waals surface area contributed by atoms with Crippen molar-refractivity contribution in [1.29, 1.82) is 5.26 Å². The van der Waals surface area contributed by atoms with Crippen molar-refractivity contribution in [3.8, 4) is 6.07 Å². The smallest absolute Gasteiger partial charge is 0.335 e. The second kappa shape index (κ2) is 7.66. The summed E-state index contributed by atoms with van der Waals surface area (Å²) in [6.07, 6.45) is 0.893. The van der Waals surface area contributed by atoms with Crippen molar-refractivity contribution in [2.75, 3.05) is 7.05 Å². The number of benzene rings is 1. The van der Waals surface area contributed by atoms with E-state index in [1.807, 2.05) is 6.07 Å². The standard InChI is InChI=1S/C17H15F3N4O/c1-23(11-15-22-8-9-24(15)12-17(18,19)20)16(25)7-6-13-4-2-3-5-14(13)10-21/h2-9H,11-12H2,1H3. The van der Waals surface area contributed by atoms with Crippen molar-refractivity contribution in [2.45, 2.75) is 19.3 Å². The summed E-state index contributed by atoms with van der Waals surface area (Å²) in [4.78, 5) is 17.3. The van der Waals surface area contributed by atoms with Gasteiger partial charge in [0.25, 0.3) is 0 Å². The molecule has 1 heterocycles. The Morgan fingerprint density at radius 2 is 2.12 bits per heavy atom. The molecule has 2 rings (SSSR count). The lowest BCUT2D eigenvalue weighted by Gasteiger charge is -2.17. The third-order valence-corrected chi connectivity index (χ3v) is 3.39. The van der Waals surface area contributed by atoms with Crippen LogP contribution in [0.4, 0.5) is 13.2 Å². The lowest BCUT2D eigenvalue weighted by atomic mass is 10.1. The molecule has 0 atom stereocenters. The Kier molecular flexibility index (Phi) is 5.60. The summed E-state index contributed by atoms with van der Waals surface area (Å²) in [7, 11) is 1.47. The Hall–Kier alpha value is -3.08. The van der Waals surface area contributed by atoms with Crippen molar-refractivity contribution >= 4 is 12.0 Å². The van der Waals surface area contributed by atoms with Gasteiger partial charge in [-0.2, -0.15) is 18.4 Å². The van der Waals surface area contributed by atoms with Crippen LogP contribution < -0.4 is 0 Å². The lowest BCUT2D eigenvalue weighted by molar-refractivity contribution is -0.141. The topological polar surface area (TPSA) is 61.9 Å². The fraction of sp³-hybridized carbons (Fsp3) is 0.235. The quantitative estimate of drug-likeness (QED) is 0.781. The van der Waals surface area contributed by atoms with Gasteiger partial charge in [0.2, 0.25) is 5.91 Å². The molecule has 25 heavy (non-hydrogen) atoms. The van der Waals surface area contributed by atoms with Crippen LogP contribution in [0.25, 0.3) is 6.08 Å². The van der Waals surface area contributed by atoms with Crippen LogP contribution in [-0.4, -0.2) is 33.6 Å². The van der Waals surface area contributed by atoms with E-state index in [9.17, 15) is 18.0 Å². The maximum absolute atomic E-state index is 12.5. The molecule has 0 unspecified atom stereocenters. The van der Waals surface area contributed by atoms with Gasteiger partial charge >= 0.3 is 6.18 Å². The van der Waals surface area contributed by atoms with Crippen LogP contribution in [0.15, 0.2) is 42.7 Å². The third-order valence-electron chi connectivity index (χ3n) is 3.39. The zero-order valence-corrected chi connectivity index (χ0v) is 13.4. The predicted octanol–water partition coefficient (Wildman–Crippen LogP) is 2.99. The molecule has 0 fully saturated rings. The van der Waals surface area contributed by atoms with Gasteiger partial charge in [0.1, 0.15) is 12.4 Å². The van der Waals surface area contributed by atoms with E-state index in [1.165, 1.54) is 36.5 Å². The molecule has 0 N–H and O–H groups in total. The lowest BCUT2D eigenvalue weighted by Crippen LogP contribution is -2.27. The van der Waals surface area contributed by atoms with Gasteiger partial charge in [-0.1, -0.05) is 18.2 Å². The molecule has 0 radical (unpaired) electrons. The van der Waals surface area contributed by atoms with Gasteiger partial charge < -0.3 is 9.47 Å². The molecular weight excluding hydrogens is 333 g/mol. The molecule has 0 saturated carbocycles. The summed E-state index contributed by atoms with van der Waals surface area (Å²) in [5.74, 6) is -0.270. The van der Waals surface area contributed by atoms with E-state index in [0.29, 0.717) is 11.1 Å². The van der Waals surface area contributed by atoms with Gasteiger partial charge in [0.05, 0.1) is 18.2 Å². The zero-order chi connectivity index (χ0) is 18.4. The SMILES string of the molecule is CN(Cc1nccn1CC(F)(F)F)C(=O)C=Cc1ccccc1C#N. The molecule has 2 aromatic rings. The minimum absolute atomic E-state index is 0.0633. The summed E-state index contributed by atoms with van der Waals surface area (Å²) < 4.78 is 38.5. The third kappa shape index (κ3) is 5.21. The van der Waals surface area contributed by atoms with Crippen molar-refractivity contribution in [3.05, 3.63) is 59.7 Å². The van der Waals surface area contributed by atoms with Gasteiger partial charge in [0.15, 0.2) is 0 Å². The van der Waals surface area contributed by atoms with E-state index < -0.39 is 18.6 Å². The average molecular weight is 348 g/mol. The van der Waals surface area contributed by atoms with E-state index >= 15 is 0 Å². The second-order valence-corrected chi connectivity index (χ2v) is 5.31. The molecule has 0 spiro atoms. The average Bonchev–Trinajstić information content (AvgIpc) is 2.97. The number of imidazole rings is 1. The normalized spacial score (nSPS) is 11.5. The molecule has 1 amide bonds. The van der Waals surface area contributed by atoms with Crippen molar-refractivity contribution in [1.82, 2.24) is 14.5 Å². The number of carbonyl (C=O) groups excluding carboxylic acids is 1. The first-order valence-electron chi connectivity index (χ1n) is 7.29. The van der Waals surface area contributed by atoms with E-state index in [-0.39, 0.29) is 12.4 Å². The Labute approximate surface area is 142 Å². The van der Waals surface area contributed by atoms with Crippen LogP contribution >= 0.6 is 0 Å². The molecule has 0 aliphatic heterocycles. The van der Waals surface area contributed by atoms with Crippen LogP contribution in [0, 0.1) is 11.3 Å². The van der Waals surface area contributed by atoms with Crippen LogP contribution in [0.3, 0.4) is 0 Å². The molecule has 0 bridgehead atoms. The maximum atomic E-state index is 12.5. The minimum atomic E-state index is -4.36. The maximum Gasteiger partial charge on any atom is 0.406 e. The van der Waals surface area contributed by atoms with Gasteiger partial charge in [-0.25, -0.2) is 4.98 Å². The van der Waals surface area contributed by atoms with Crippen molar-refractivity contribution in [2.24, 2.45) is 0 Å². The molecule has 8 heteroatoms. The van der Waals surface area contributed by atoms with Crippen LogP contribution in [-0.2, 0) is 17.9 Å². The van der Waals surface area contributed by atoms with E-state index in [4.69, 9.17) is 5.26 Å². The molecule has 0 aliphatic carbocycles. The summed E-state index contributed by atoms with van der Waals surface area (Å²) >= 11 is 0.